The minimum Gasteiger partial charge on any atom is -0.508 e. The lowest BCUT2D eigenvalue weighted by Crippen LogP contribution is -2.58. The van der Waals surface area contributed by atoms with E-state index >= 15 is 0 Å². The number of aromatic hydroxyl groups is 12. The SMILES string of the molecule is O=C(OC1Cc2c(O)cc(O)cc2OC1c1cc(O)c(O)c2c1C1C(=O)C(O)=CC1([C@H]1Oc3cc(O)cc(O)c3C[C@H]1OC(=O)c1cc(O)c(O)c(O)c1)O2)c1cc(O)c(O)c(O)c1. The maximum atomic E-state index is 14.3. The molecule has 13 N–H and O–H groups in total. The fraction of sp³-hybridized carbons (Fsp3) is 0.186. The van der Waals surface area contributed by atoms with E-state index in [4.69, 9.17) is 23.7 Å². The molecule has 0 saturated carbocycles. The van der Waals surface area contributed by atoms with Crippen LogP contribution in [0.3, 0.4) is 0 Å². The molecular formula is C43H32O21. The number of hydrogen-bond donors (Lipinski definition) is 13. The van der Waals surface area contributed by atoms with Crippen molar-refractivity contribution in [1.82, 2.24) is 0 Å². The monoisotopic (exact) mass is 884 g/mol. The molecule has 3 heterocycles. The lowest BCUT2D eigenvalue weighted by atomic mass is 9.75. The lowest BCUT2D eigenvalue weighted by molar-refractivity contribution is -0.125. The maximum Gasteiger partial charge on any atom is 0.338 e. The number of carbonyl (C=O) groups is 3. The minimum absolute atomic E-state index is 0.00885. The second kappa shape index (κ2) is 14.2. The van der Waals surface area contributed by atoms with Gasteiger partial charge < -0.3 is 90.1 Å². The Morgan fingerprint density at radius 2 is 1.03 bits per heavy atom. The van der Waals surface area contributed by atoms with Gasteiger partial charge in [0.05, 0.1) is 11.1 Å². The Bertz CT molecular complexity index is 2870. The first-order chi connectivity index (χ1) is 30.3. The fourth-order valence-electron chi connectivity index (χ4n) is 8.56. The third-order valence-electron chi connectivity index (χ3n) is 11.4. The maximum absolute atomic E-state index is 14.3. The Balaban J connectivity index is 1.19. The molecule has 0 amide bonds. The van der Waals surface area contributed by atoms with Crippen LogP contribution in [-0.4, -0.2) is 108 Å². The van der Waals surface area contributed by atoms with Crippen LogP contribution in [0, 0.1) is 0 Å². The summed E-state index contributed by atoms with van der Waals surface area (Å²) < 4.78 is 30.5. The van der Waals surface area contributed by atoms with Crippen LogP contribution in [0.15, 0.2) is 66.4 Å². The van der Waals surface area contributed by atoms with E-state index in [1.165, 1.54) is 0 Å². The van der Waals surface area contributed by atoms with Crippen LogP contribution in [0.4, 0.5) is 0 Å². The third kappa shape index (κ3) is 6.19. The molecule has 9 rings (SSSR count). The smallest absolute Gasteiger partial charge is 0.338 e. The summed E-state index contributed by atoms with van der Waals surface area (Å²) >= 11 is 0. The van der Waals surface area contributed by atoms with Crippen molar-refractivity contribution in [2.24, 2.45) is 0 Å². The summed E-state index contributed by atoms with van der Waals surface area (Å²) in [5.74, 6) is -16.9. The predicted molar refractivity (Wildman–Crippen MR) is 208 cm³/mol. The summed E-state index contributed by atoms with van der Waals surface area (Å²) in [5, 5.41) is 136. The highest BCUT2D eigenvalue weighted by Gasteiger charge is 2.67. The van der Waals surface area contributed by atoms with E-state index in [-0.39, 0.29) is 33.8 Å². The highest BCUT2D eigenvalue weighted by Crippen LogP contribution is 2.62. The Labute approximate surface area is 356 Å². The number of esters is 2. The van der Waals surface area contributed by atoms with Gasteiger partial charge in [0.15, 0.2) is 69.6 Å². The summed E-state index contributed by atoms with van der Waals surface area (Å²) in [5.41, 5.74) is -4.02. The standard InChI is InChI=1S/C43H32O21/c44-15-5-20(46)17-10-30(62-41(58)13-1-22(48)34(54)23(49)2-13)38(60-28(17)7-15)19-9-26(52)37(57)39-32(19)33-36(56)27(53)12-43(33,64-39)40-31(11-18-21(47)6-16(45)8-29(18)61-40)63-42(59)14-3-24(50)35(55)25(51)4-14/h1-9,12,30-31,33,38,40,44-55,57H,10-11H2/t30?,31-,33?,38?,40+,43?/m1/s1. The Morgan fingerprint density at radius 3 is 1.56 bits per heavy atom. The number of phenolic OH excluding ortho intramolecular Hbond substituents is 12. The lowest BCUT2D eigenvalue weighted by Gasteiger charge is -2.42. The molecule has 5 aromatic rings. The number of Topliss-reactive ketones (excluding diaryl/α,β-unsaturated/α-hetero) is 1. The number of aliphatic hydroxyl groups excluding tert-OH is 1. The van der Waals surface area contributed by atoms with E-state index in [0.717, 1.165) is 60.7 Å². The zero-order valence-corrected chi connectivity index (χ0v) is 32.2. The number of ketones is 1. The van der Waals surface area contributed by atoms with Crippen molar-refractivity contribution in [3.8, 4) is 86.2 Å². The number of hydrogen-bond acceptors (Lipinski definition) is 21. The zero-order chi connectivity index (χ0) is 45.8. The molecule has 6 atom stereocenters. The number of rotatable bonds is 6. The van der Waals surface area contributed by atoms with Crippen LogP contribution in [-0.2, 0) is 27.1 Å². The highest BCUT2D eigenvalue weighted by atomic mass is 16.6. The van der Waals surface area contributed by atoms with Crippen molar-refractivity contribution < 1.29 is 104 Å². The van der Waals surface area contributed by atoms with Gasteiger partial charge in [-0.2, -0.15) is 0 Å². The van der Waals surface area contributed by atoms with Gasteiger partial charge in [0, 0.05) is 65.4 Å². The number of benzene rings is 5. The molecule has 4 unspecified atom stereocenters. The quantitative estimate of drug-likeness (QED) is 0.0856. The Morgan fingerprint density at radius 1 is 0.562 bits per heavy atom. The molecule has 4 aliphatic rings. The van der Waals surface area contributed by atoms with Crippen LogP contribution in [0.5, 0.6) is 86.2 Å². The molecule has 0 radical (unpaired) electrons. The van der Waals surface area contributed by atoms with Crippen molar-refractivity contribution in [3.63, 3.8) is 0 Å². The van der Waals surface area contributed by atoms with E-state index < -0.39 is 158 Å². The zero-order valence-electron chi connectivity index (χ0n) is 32.2. The molecule has 1 aliphatic carbocycles. The number of carbonyl (C=O) groups excluding carboxylic acids is 3. The molecule has 0 spiro atoms. The van der Waals surface area contributed by atoms with Gasteiger partial charge in [0.1, 0.15) is 52.6 Å². The van der Waals surface area contributed by atoms with E-state index in [9.17, 15) is 80.8 Å². The first-order valence-corrected chi connectivity index (χ1v) is 18.8. The molecule has 3 aliphatic heterocycles. The number of phenols is 12. The van der Waals surface area contributed by atoms with Crippen LogP contribution in [0.25, 0.3) is 0 Å². The summed E-state index contributed by atoms with van der Waals surface area (Å²) in [4.78, 5) is 41.7. The molecule has 330 valence electrons. The molecule has 0 aromatic heterocycles. The van der Waals surface area contributed by atoms with Crippen LogP contribution in [0.1, 0.15) is 55.0 Å². The molecule has 21 heteroatoms. The molecule has 0 fully saturated rings. The van der Waals surface area contributed by atoms with Gasteiger partial charge >= 0.3 is 11.9 Å². The van der Waals surface area contributed by atoms with E-state index in [1.54, 1.807) is 0 Å². The van der Waals surface area contributed by atoms with Gasteiger partial charge in [-0.25, -0.2) is 9.59 Å². The van der Waals surface area contributed by atoms with Crippen LogP contribution < -0.4 is 14.2 Å². The average Bonchev–Trinajstić information content (AvgIpc) is 3.70. The van der Waals surface area contributed by atoms with Crippen molar-refractivity contribution in [2.75, 3.05) is 0 Å². The number of allylic oxidation sites excluding steroid dienone is 1. The molecule has 64 heavy (non-hydrogen) atoms. The second-order valence-corrected chi connectivity index (χ2v) is 15.3. The van der Waals surface area contributed by atoms with Gasteiger partial charge in [-0.05, 0) is 30.3 Å². The van der Waals surface area contributed by atoms with E-state index in [2.05, 4.69) is 0 Å². The summed E-state index contributed by atoms with van der Waals surface area (Å²) in [6, 6.07) is 8.08. The average molecular weight is 885 g/mol. The first kappa shape index (κ1) is 40.6. The molecule has 21 nitrogen and oxygen atoms in total. The van der Waals surface area contributed by atoms with Gasteiger partial charge in [0.25, 0.3) is 0 Å². The summed E-state index contributed by atoms with van der Waals surface area (Å²) in [7, 11) is 0. The van der Waals surface area contributed by atoms with E-state index in [1.807, 2.05) is 0 Å². The number of fused-ring (bicyclic) bond motifs is 5. The normalized spacial score (nSPS) is 22.7. The van der Waals surface area contributed by atoms with Crippen molar-refractivity contribution in [1.29, 1.82) is 0 Å². The van der Waals surface area contributed by atoms with Crippen molar-refractivity contribution >= 4 is 17.7 Å². The van der Waals surface area contributed by atoms with Crippen LogP contribution in [0.2, 0.25) is 0 Å². The molecule has 0 bridgehead atoms. The second-order valence-electron chi connectivity index (χ2n) is 15.3. The number of aliphatic hydroxyl groups is 1. The van der Waals surface area contributed by atoms with Gasteiger partial charge in [-0.3, -0.25) is 4.79 Å². The predicted octanol–water partition coefficient (Wildman–Crippen LogP) is 3.52. The third-order valence-corrected chi connectivity index (χ3v) is 11.4. The van der Waals surface area contributed by atoms with Gasteiger partial charge in [0.2, 0.25) is 11.5 Å². The highest BCUT2D eigenvalue weighted by molar-refractivity contribution is 6.05. The van der Waals surface area contributed by atoms with Gasteiger partial charge in [-0.1, -0.05) is 0 Å². The molecule has 0 saturated heterocycles. The summed E-state index contributed by atoms with van der Waals surface area (Å²) in [6.45, 7) is 0. The number of ether oxygens (including phenoxy) is 5. The largest absolute Gasteiger partial charge is 0.508 e. The molecular weight excluding hydrogens is 852 g/mol. The Hall–Kier alpha value is -8.75. The minimum atomic E-state index is -2.39. The van der Waals surface area contributed by atoms with Gasteiger partial charge in [-0.15, -0.1) is 0 Å². The van der Waals surface area contributed by atoms with Crippen molar-refractivity contribution in [3.05, 3.63) is 99.8 Å². The van der Waals surface area contributed by atoms with E-state index in [0.29, 0.717) is 0 Å². The summed E-state index contributed by atoms with van der Waals surface area (Å²) in [6.07, 6.45) is -6.77. The first-order valence-electron chi connectivity index (χ1n) is 18.8. The topological polar surface area (TPSA) is 360 Å². The Kier molecular flexibility index (Phi) is 8.99. The van der Waals surface area contributed by atoms with Crippen LogP contribution >= 0.6 is 0 Å². The molecule has 5 aromatic carbocycles. The fourth-order valence-corrected chi connectivity index (χ4v) is 8.56. The van der Waals surface area contributed by atoms with Crippen molar-refractivity contribution in [2.45, 2.75) is 48.8 Å².